The third-order valence-electron chi connectivity index (χ3n) is 3.86. The number of para-hydroxylation sites is 1. The number of amides is 2. The van der Waals surface area contributed by atoms with Crippen molar-refractivity contribution in [2.24, 2.45) is 0 Å². The predicted octanol–water partition coefficient (Wildman–Crippen LogP) is 2.45. The summed E-state index contributed by atoms with van der Waals surface area (Å²) in [4.78, 5) is 30.2. The summed E-state index contributed by atoms with van der Waals surface area (Å²) < 4.78 is 5.38. The van der Waals surface area contributed by atoms with Crippen LogP contribution < -0.4 is 10.1 Å². The first-order chi connectivity index (χ1) is 11.2. The number of thiazole rings is 1. The summed E-state index contributed by atoms with van der Waals surface area (Å²) in [5, 5.41) is 4.72. The zero-order valence-electron chi connectivity index (χ0n) is 12.7. The molecule has 1 aromatic carbocycles. The van der Waals surface area contributed by atoms with Gasteiger partial charge in [0.25, 0.3) is 0 Å². The van der Waals surface area contributed by atoms with E-state index < -0.39 is 11.8 Å². The zero-order valence-corrected chi connectivity index (χ0v) is 13.5. The molecule has 6 nitrogen and oxygen atoms in total. The number of anilines is 1. The molecule has 0 aliphatic carbocycles. The van der Waals surface area contributed by atoms with Gasteiger partial charge in [0.2, 0.25) is 0 Å². The molecule has 0 spiro atoms. The van der Waals surface area contributed by atoms with Crippen LogP contribution in [0.3, 0.4) is 0 Å². The second-order valence-corrected chi connectivity index (χ2v) is 6.08. The monoisotopic (exact) mass is 331 g/mol. The Morgan fingerprint density at radius 2 is 2.22 bits per heavy atom. The second-order valence-electron chi connectivity index (χ2n) is 5.19. The summed E-state index contributed by atoms with van der Waals surface area (Å²) in [6, 6.07) is 7.47. The average Bonchev–Trinajstić information content (AvgIpc) is 3.25. The van der Waals surface area contributed by atoms with E-state index in [4.69, 9.17) is 4.74 Å². The number of rotatable bonds is 3. The number of carbonyl (C=O) groups excluding carboxylic acids is 2. The SMILES string of the molecule is COc1ccccc1[C@@H]1CCCN1C(=O)C(=O)Nc1nccs1. The highest BCUT2D eigenvalue weighted by molar-refractivity contribution is 7.13. The van der Waals surface area contributed by atoms with Crippen molar-refractivity contribution in [1.29, 1.82) is 0 Å². The first-order valence-corrected chi connectivity index (χ1v) is 8.23. The molecule has 3 rings (SSSR count). The number of ether oxygens (including phenoxy) is 1. The van der Waals surface area contributed by atoms with Crippen LogP contribution in [0, 0.1) is 0 Å². The molecule has 0 unspecified atom stereocenters. The Kier molecular flexibility index (Phi) is 4.57. The lowest BCUT2D eigenvalue weighted by Crippen LogP contribution is -2.39. The van der Waals surface area contributed by atoms with E-state index >= 15 is 0 Å². The van der Waals surface area contributed by atoms with Crippen LogP contribution in [-0.4, -0.2) is 35.4 Å². The molecule has 0 bridgehead atoms. The average molecular weight is 331 g/mol. The number of nitrogens with zero attached hydrogens (tertiary/aromatic N) is 2. The summed E-state index contributed by atoms with van der Waals surface area (Å²) in [5.74, 6) is -0.451. The minimum absolute atomic E-state index is 0.138. The molecular formula is C16H17N3O3S. The fraction of sp³-hybridized carbons (Fsp3) is 0.312. The standard InChI is InChI=1S/C16H17N3O3S/c1-22-13-7-3-2-5-11(13)12-6-4-9-19(12)15(21)14(20)18-16-17-8-10-23-16/h2-3,5,7-8,10,12H,4,6,9H2,1H3,(H,17,18,20)/t12-/m0/s1. The van der Waals surface area contributed by atoms with Gasteiger partial charge in [-0.05, 0) is 18.9 Å². The van der Waals surface area contributed by atoms with Crippen molar-refractivity contribution in [2.75, 3.05) is 19.0 Å². The highest BCUT2D eigenvalue weighted by Crippen LogP contribution is 2.36. The Hall–Kier alpha value is -2.41. The van der Waals surface area contributed by atoms with Crippen LogP contribution in [0.15, 0.2) is 35.8 Å². The van der Waals surface area contributed by atoms with Crippen LogP contribution in [0.25, 0.3) is 0 Å². The van der Waals surface area contributed by atoms with Crippen LogP contribution in [0.4, 0.5) is 5.13 Å². The summed E-state index contributed by atoms with van der Waals surface area (Å²) in [7, 11) is 1.61. The minimum atomic E-state index is -0.651. The number of hydrogen-bond donors (Lipinski definition) is 1. The largest absolute Gasteiger partial charge is 0.496 e. The van der Waals surface area contributed by atoms with Crippen molar-refractivity contribution in [1.82, 2.24) is 9.88 Å². The molecule has 1 fully saturated rings. The van der Waals surface area contributed by atoms with Gasteiger partial charge in [-0.2, -0.15) is 0 Å². The van der Waals surface area contributed by atoms with Crippen molar-refractivity contribution in [2.45, 2.75) is 18.9 Å². The number of nitrogens with one attached hydrogen (secondary N) is 1. The topological polar surface area (TPSA) is 71.5 Å². The molecule has 1 N–H and O–H groups in total. The molecule has 0 radical (unpaired) electrons. The first kappa shape index (κ1) is 15.5. The van der Waals surface area contributed by atoms with E-state index in [0.717, 1.165) is 24.2 Å². The maximum Gasteiger partial charge on any atom is 0.315 e. The van der Waals surface area contributed by atoms with Gasteiger partial charge in [0, 0.05) is 23.7 Å². The van der Waals surface area contributed by atoms with Gasteiger partial charge in [0.15, 0.2) is 5.13 Å². The van der Waals surface area contributed by atoms with Gasteiger partial charge in [-0.1, -0.05) is 18.2 Å². The van der Waals surface area contributed by atoms with E-state index in [-0.39, 0.29) is 6.04 Å². The van der Waals surface area contributed by atoms with Crippen LogP contribution >= 0.6 is 11.3 Å². The molecule has 7 heteroatoms. The van der Waals surface area contributed by atoms with Crippen LogP contribution in [0.2, 0.25) is 0 Å². The summed E-state index contributed by atoms with van der Waals surface area (Å²) >= 11 is 1.28. The van der Waals surface area contributed by atoms with Gasteiger partial charge in [-0.15, -0.1) is 11.3 Å². The third kappa shape index (κ3) is 3.19. The Balaban J connectivity index is 1.78. The molecule has 1 aliphatic rings. The maximum absolute atomic E-state index is 12.5. The third-order valence-corrected chi connectivity index (χ3v) is 4.55. The van der Waals surface area contributed by atoms with E-state index in [1.165, 1.54) is 11.3 Å². The number of benzene rings is 1. The van der Waals surface area contributed by atoms with Gasteiger partial charge < -0.3 is 9.64 Å². The molecule has 2 heterocycles. The first-order valence-electron chi connectivity index (χ1n) is 7.35. The molecule has 1 aromatic heterocycles. The normalized spacial score (nSPS) is 17.1. The minimum Gasteiger partial charge on any atom is -0.496 e. The van der Waals surface area contributed by atoms with E-state index in [9.17, 15) is 9.59 Å². The van der Waals surface area contributed by atoms with Gasteiger partial charge in [0.1, 0.15) is 5.75 Å². The van der Waals surface area contributed by atoms with Crippen LogP contribution in [-0.2, 0) is 9.59 Å². The smallest absolute Gasteiger partial charge is 0.315 e. The molecular weight excluding hydrogens is 314 g/mol. The highest BCUT2D eigenvalue weighted by atomic mass is 32.1. The van der Waals surface area contributed by atoms with Gasteiger partial charge in [-0.3, -0.25) is 14.9 Å². The Morgan fingerprint density at radius 3 is 2.96 bits per heavy atom. The molecule has 1 aliphatic heterocycles. The van der Waals surface area contributed by atoms with Crippen molar-refractivity contribution in [3.63, 3.8) is 0 Å². The number of aromatic nitrogens is 1. The lowest BCUT2D eigenvalue weighted by Gasteiger charge is -2.25. The Labute approximate surface area is 138 Å². The van der Waals surface area contributed by atoms with E-state index in [2.05, 4.69) is 10.3 Å². The maximum atomic E-state index is 12.5. The molecule has 23 heavy (non-hydrogen) atoms. The fourth-order valence-electron chi connectivity index (χ4n) is 2.84. The van der Waals surface area contributed by atoms with E-state index in [1.807, 2.05) is 24.3 Å². The Bertz CT molecular complexity index is 702. The summed E-state index contributed by atoms with van der Waals surface area (Å²) in [6.07, 6.45) is 3.26. The molecule has 0 saturated carbocycles. The van der Waals surface area contributed by atoms with Gasteiger partial charge in [-0.25, -0.2) is 4.98 Å². The second kappa shape index (κ2) is 6.78. The lowest BCUT2D eigenvalue weighted by molar-refractivity contribution is -0.143. The Morgan fingerprint density at radius 1 is 1.39 bits per heavy atom. The molecule has 2 amide bonds. The van der Waals surface area contributed by atoms with Gasteiger partial charge in [0.05, 0.1) is 13.2 Å². The number of methoxy groups -OCH3 is 1. The van der Waals surface area contributed by atoms with Gasteiger partial charge >= 0.3 is 11.8 Å². The van der Waals surface area contributed by atoms with Crippen LogP contribution in [0.1, 0.15) is 24.4 Å². The number of hydrogen-bond acceptors (Lipinski definition) is 5. The van der Waals surface area contributed by atoms with Crippen LogP contribution in [0.5, 0.6) is 5.75 Å². The fourth-order valence-corrected chi connectivity index (χ4v) is 3.36. The highest BCUT2D eigenvalue weighted by Gasteiger charge is 2.34. The van der Waals surface area contributed by atoms with E-state index in [0.29, 0.717) is 11.7 Å². The summed E-state index contributed by atoms with van der Waals surface area (Å²) in [6.45, 7) is 0.562. The van der Waals surface area contributed by atoms with Crippen molar-refractivity contribution >= 4 is 28.3 Å². The van der Waals surface area contributed by atoms with E-state index in [1.54, 1.807) is 23.6 Å². The zero-order chi connectivity index (χ0) is 16.2. The van der Waals surface area contributed by atoms with Crippen molar-refractivity contribution in [3.8, 4) is 5.75 Å². The van der Waals surface area contributed by atoms with Crippen molar-refractivity contribution < 1.29 is 14.3 Å². The molecule has 2 aromatic rings. The molecule has 120 valence electrons. The molecule has 1 saturated heterocycles. The number of likely N-dealkylation sites (tertiary alicyclic amines) is 1. The quantitative estimate of drug-likeness (QED) is 0.877. The molecule has 1 atom stereocenters. The number of carbonyl (C=O) groups is 2. The van der Waals surface area contributed by atoms with Crippen molar-refractivity contribution in [3.05, 3.63) is 41.4 Å². The predicted molar refractivity (Wildman–Crippen MR) is 87.4 cm³/mol. The lowest BCUT2D eigenvalue weighted by atomic mass is 10.0. The summed E-state index contributed by atoms with van der Waals surface area (Å²) in [5.41, 5.74) is 0.933.